The molecule has 2 aliphatic rings. The van der Waals surface area contributed by atoms with E-state index < -0.39 is 6.10 Å². The fraction of sp³-hybridized carbons (Fsp3) is 0.714. The molecule has 0 aliphatic carbocycles. The van der Waals surface area contributed by atoms with Crippen molar-refractivity contribution in [3.05, 3.63) is 48.6 Å². The van der Waals surface area contributed by atoms with Gasteiger partial charge in [-0.25, -0.2) is 0 Å². The van der Waals surface area contributed by atoms with Gasteiger partial charge >= 0.3 is 0 Å². The molecule has 4 unspecified atom stereocenters. The summed E-state index contributed by atoms with van der Waals surface area (Å²) in [6, 6.07) is 10.0. The van der Waals surface area contributed by atoms with Crippen LogP contribution < -0.4 is 0 Å². The number of rotatable bonds is 11. The second kappa shape index (κ2) is 13.1. The molecule has 6 nitrogen and oxygen atoms in total. The Morgan fingerprint density at radius 2 is 1.71 bits per heavy atom. The Morgan fingerprint density at radius 3 is 2.38 bits per heavy atom. The van der Waals surface area contributed by atoms with E-state index in [1.807, 2.05) is 43.3 Å². The van der Waals surface area contributed by atoms with E-state index in [0.717, 1.165) is 18.4 Å². The molecule has 0 spiro atoms. The summed E-state index contributed by atoms with van der Waals surface area (Å²) in [5.41, 5.74) is 1.08. The number of allylic oxidation sites excluding steroid dienone is 1. The van der Waals surface area contributed by atoms with Crippen molar-refractivity contribution >= 4 is 0 Å². The molecule has 2 saturated heterocycles. The summed E-state index contributed by atoms with van der Waals surface area (Å²) in [6.07, 6.45) is 2.11. The van der Waals surface area contributed by atoms with Crippen molar-refractivity contribution in [1.29, 1.82) is 0 Å². The van der Waals surface area contributed by atoms with Gasteiger partial charge in [-0.05, 0) is 43.6 Å². The zero-order valence-electron chi connectivity index (χ0n) is 21.2. The van der Waals surface area contributed by atoms with E-state index in [1.54, 1.807) is 0 Å². The summed E-state index contributed by atoms with van der Waals surface area (Å²) in [6.45, 7) is 13.2. The maximum atomic E-state index is 11.3. The normalized spacial score (nSPS) is 38.5. The van der Waals surface area contributed by atoms with Gasteiger partial charge in [-0.15, -0.1) is 6.58 Å². The van der Waals surface area contributed by atoms with Crippen LogP contribution in [-0.2, 0) is 25.6 Å². The number of hydrogen-bond donors (Lipinski definition) is 2. The predicted molar refractivity (Wildman–Crippen MR) is 132 cm³/mol. The summed E-state index contributed by atoms with van der Waals surface area (Å²) in [5, 5.41) is 21.4. The summed E-state index contributed by atoms with van der Waals surface area (Å²) >= 11 is 0. The highest BCUT2D eigenvalue weighted by Crippen LogP contribution is 2.41. The lowest BCUT2D eigenvalue weighted by atomic mass is 9.73. The van der Waals surface area contributed by atoms with Crippen LogP contribution >= 0.6 is 0 Å². The van der Waals surface area contributed by atoms with Gasteiger partial charge in [0.1, 0.15) is 6.10 Å². The molecule has 1 aromatic rings. The number of unbranched alkanes of at least 4 members (excludes halogenated alkanes) is 1. The number of benzene rings is 1. The maximum Gasteiger partial charge on any atom is 0.160 e. The molecule has 2 aliphatic heterocycles. The van der Waals surface area contributed by atoms with Gasteiger partial charge < -0.3 is 29.2 Å². The second-order valence-electron chi connectivity index (χ2n) is 10.1. The van der Waals surface area contributed by atoms with Crippen molar-refractivity contribution in [2.45, 2.75) is 90.4 Å². The molecule has 2 N–H and O–H groups in total. The van der Waals surface area contributed by atoms with Gasteiger partial charge in [-0.3, -0.25) is 0 Å². The topological polar surface area (TPSA) is 77.4 Å². The molecule has 0 amide bonds. The first kappa shape index (κ1) is 27.3. The SMILES string of the molecule is C=CCCCO[C@@H]1OC(CO)[C@@H](C[C@@H]2OC(C)[C@H](C)[C@@H](OCc3ccccc3)C2O)[C@H](C)C1C. The van der Waals surface area contributed by atoms with Crippen molar-refractivity contribution in [3.63, 3.8) is 0 Å². The first-order valence-corrected chi connectivity index (χ1v) is 12.8. The average molecular weight is 477 g/mol. The van der Waals surface area contributed by atoms with Crippen LogP contribution in [0.3, 0.4) is 0 Å². The van der Waals surface area contributed by atoms with Crippen molar-refractivity contribution in [3.8, 4) is 0 Å². The van der Waals surface area contributed by atoms with Crippen LogP contribution in [0.2, 0.25) is 0 Å². The molecule has 0 saturated carbocycles. The van der Waals surface area contributed by atoms with Gasteiger partial charge in [0, 0.05) is 11.8 Å². The third kappa shape index (κ3) is 6.68. The van der Waals surface area contributed by atoms with E-state index in [9.17, 15) is 10.2 Å². The standard InChI is InChI=1S/C28H44O6/c1-6-7-11-14-31-28-19(3)18(2)23(25(16-29)34-28)15-24-26(30)27(20(4)21(5)33-24)32-17-22-12-9-8-10-13-22/h6,8-10,12-13,18-21,23-30H,1,7,11,14-17H2,2-5H3/t18-,19?,20+,21?,23+,24+,25?,26?,27-,28-/m1/s1. The molecule has 2 fully saturated rings. The third-order valence-electron chi connectivity index (χ3n) is 7.89. The maximum absolute atomic E-state index is 11.3. The Morgan fingerprint density at radius 1 is 0.971 bits per heavy atom. The molecule has 6 heteroatoms. The van der Waals surface area contributed by atoms with Crippen molar-refractivity contribution in [2.75, 3.05) is 13.2 Å². The predicted octanol–water partition coefficient (Wildman–Crippen LogP) is 4.33. The molecule has 3 rings (SSSR count). The Labute approximate surface area is 205 Å². The van der Waals surface area contributed by atoms with Crippen molar-refractivity contribution < 1.29 is 29.2 Å². The average Bonchev–Trinajstić information content (AvgIpc) is 2.84. The summed E-state index contributed by atoms with van der Waals surface area (Å²) in [7, 11) is 0. The van der Waals surface area contributed by atoms with Crippen LogP contribution in [0.15, 0.2) is 43.0 Å². The van der Waals surface area contributed by atoms with E-state index in [1.165, 1.54) is 0 Å². The first-order chi connectivity index (χ1) is 16.4. The van der Waals surface area contributed by atoms with Gasteiger partial charge in [0.25, 0.3) is 0 Å². The molecule has 0 bridgehead atoms. The minimum atomic E-state index is -0.746. The Hall–Kier alpha value is -1.28. The van der Waals surface area contributed by atoms with Gasteiger partial charge in [0.05, 0.1) is 44.2 Å². The van der Waals surface area contributed by atoms with Gasteiger partial charge in [0.2, 0.25) is 0 Å². The van der Waals surface area contributed by atoms with Gasteiger partial charge in [-0.2, -0.15) is 0 Å². The fourth-order valence-corrected chi connectivity index (χ4v) is 5.29. The number of ether oxygens (including phenoxy) is 4. The smallest absolute Gasteiger partial charge is 0.160 e. The Bertz CT molecular complexity index is 725. The van der Waals surface area contributed by atoms with Crippen LogP contribution in [0.25, 0.3) is 0 Å². The van der Waals surface area contributed by atoms with Crippen LogP contribution in [0.4, 0.5) is 0 Å². The highest BCUT2D eigenvalue weighted by molar-refractivity contribution is 5.13. The monoisotopic (exact) mass is 476 g/mol. The highest BCUT2D eigenvalue weighted by Gasteiger charge is 2.47. The van der Waals surface area contributed by atoms with Crippen LogP contribution in [0.5, 0.6) is 0 Å². The van der Waals surface area contributed by atoms with Crippen molar-refractivity contribution in [2.24, 2.45) is 23.7 Å². The molecule has 0 radical (unpaired) electrons. The number of aliphatic hydroxyl groups excluding tert-OH is 2. The van der Waals surface area contributed by atoms with E-state index in [4.69, 9.17) is 18.9 Å². The minimum Gasteiger partial charge on any atom is -0.394 e. The largest absolute Gasteiger partial charge is 0.394 e. The number of aliphatic hydroxyl groups is 2. The quantitative estimate of drug-likeness (QED) is 0.366. The number of hydrogen-bond acceptors (Lipinski definition) is 6. The third-order valence-corrected chi connectivity index (χ3v) is 7.89. The van der Waals surface area contributed by atoms with Crippen LogP contribution in [-0.4, -0.2) is 60.2 Å². The van der Waals surface area contributed by atoms with Gasteiger partial charge in [0.15, 0.2) is 6.29 Å². The second-order valence-corrected chi connectivity index (χ2v) is 10.1. The Balaban J connectivity index is 1.64. The van der Waals surface area contributed by atoms with E-state index in [-0.39, 0.29) is 61.0 Å². The van der Waals surface area contributed by atoms with E-state index >= 15 is 0 Å². The van der Waals surface area contributed by atoms with E-state index in [0.29, 0.717) is 19.6 Å². The highest BCUT2D eigenvalue weighted by atomic mass is 16.7. The van der Waals surface area contributed by atoms with E-state index in [2.05, 4.69) is 27.4 Å². The zero-order valence-corrected chi connectivity index (χ0v) is 21.2. The fourth-order valence-electron chi connectivity index (χ4n) is 5.29. The van der Waals surface area contributed by atoms with Crippen molar-refractivity contribution in [1.82, 2.24) is 0 Å². The molecule has 10 atom stereocenters. The summed E-state index contributed by atoms with van der Waals surface area (Å²) < 4.78 is 24.7. The molecule has 34 heavy (non-hydrogen) atoms. The lowest BCUT2D eigenvalue weighted by molar-refractivity contribution is -0.268. The lowest BCUT2D eigenvalue weighted by Gasteiger charge is -2.48. The first-order valence-electron chi connectivity index (χ1n) is 12.8. The van der Waals surface area contributed by atoms with Crippen LogP contribution in [0, 0.1) is 23.7 Å². The summed E-state index contributed by atoms with van der Waals surface area (Å²) in [4.78, 5) is 0. The van der Waals surface area contributed by atoms with Gasteiger partial charge in [-0.1, -0.05) is 57.2 Å². The zero-order chi connectivity index (χ0) is 24.7. The molecule has 0 aromatic heterocycles. The minimum absolute atomic E-state index is 0.0417. The molecular formula is C28H44O6. The molecule has 1 aromatic carbocycles. The molecule has 2 heterocycles. The van der Waals surface area contributed by atoms with Crippen LogP contribution in [0.1, 0.15) is 52.5 Å². The summed E-state index contributed by atoms with van der Waals surface area (Å²) in [5.74, 6) is 0.516. The Kier molecular flexibility index (Phi) is 10.6. The molecular weight excluding hydrogens is 432 g/mol. The lowest BCUT2D eigenvalue weighted by Crippen LogP contribution is -2.56. The molecule has 192 valence electrons.